The lowest BCUT2D eigenvalue weighted by molar-refractivity contribution is -0.605. The lowest BCUT2D eigenvalue weighted by atomic mass is 10.2. The van der Waals surface area contributed by atoms with Gasteiger partial charge in [-0.05, 0) is 12.1 Å². The molecule has 2 heterocycles. The number of amides is 1. The molecule has 1 amide bonds. The molecule has 7 heteroatoms. The summed E-state index contributed by atoms with van der Waals surface area (Å²) < 4.78 is 0.622. The van der Waals surface area contributed by atoms with Crippen LogP contribution < -0.4 is 10.0 Å². The number of nitrogens with zero attached hydrogens (tertiary/aromatic N) is 2. The van der Waals surface area contributed by atoms with Gasteiger partial charge < -0.3 is 5.21 Å². The Labute approximate surface area is 135 Å². The lowest BCUT2D eigenvalue weighted by Crippen LogP contribution is -2.25. The Bertz CT molecular complexity index is 818. The molecule has 22 heavy (non-hydrogen) atoms. The summed E-state index contributed by atoms with van der Waals surface area (Å²) in [5.74, 6) is -0.312. The number of thiazole rings is 1. The first-order valence-corrected chi connectivity index (χ1v) is 7.59. The molecule has 0 saturated heterocycles. The average molecular weight is 332 g/mol. The smallest absolute Gasteiger partial charge is 0.257 e. The van der Waals surface area contributed by atoms with Crippen LogP contribution in [0.5, 0.6) is 0 Å². The topological polar surface area (TPSA) is 68.9 Å². The summed E-state index contributed by atoms with van der Waals surface area (Å²) >= 11 is 7.28. The van der Waals surface area contributed by atoms with Gasteiger partial charge in [0.05, 0.1) is 11.3 Å². The van der Waals surface area contributed by atoms with E-state index in [4.69, 9.17) is 11.6 Å². The maximum Gasteiger partial charge on any atom is 0.257 e. The van der Waals surface area contributed by atoms with Crippen LogP contribution in [-0.2, 0) is 0 Å². The maximum atomic E-state index is 12.0. The zero-order valence-electron chi connectivity index (χ0n) is 11.2. The number of pyridine rings is 1. The molecule has 110 valence electrons. The van der Waals surface area contributed by atoms with Gasteiger partial charge in [-0.2, -0.15) is 4.73 Å². The summed E-state index contributed by atoms with van der Waals surface area (Å²) in [4.78, 5) is 16.4. The van der Waals surface area contributed by atoms with Crippen LogP contribution in [0.25, 0.3) is 11.3 Å². The fourth-order valence-electron chi connectivity index (χ4n) is 1.84. The number of hydrogen-bond acceptors (Lipinski definition) is 4. The van der Waals surface area contributed by atoms with Gasteiger partial charge in [0, 0.05) is 28.1 Å². The van der Waals surface area contributed by atoms with Crippen molar-refractivity contribution in [1.29, 1.82) is 0 Å². The van der Waals surface area contributed by atoms with E-state index in [2.05, 4.69) is 10.3 Å². The fourth-order valence-corrected chi connectivity index (χ4v) is 2.75. The monoisotopic (exact) mass is 331 g/mol. The second-order valence-electron chi connectivity index (χ2n) is 4.45. The molecule has 0 unspecified atom stereocenters. The third-order valence-corrected chi connectivity index (χ3v) is 3.90. The van der Waals surface area contributed by atoms with Gasteiger partial charge >= 0.3 is 0 Å². The Hall–Kier alpha value is -2.44. The first-order chi connectivity index (χ1) is 10.6. The normalized spacial score (nSPS) is 10.4. The molecule has 0 spiro atoms. The number of anilines is 1. The van der Waals surface area contributed by atoms with Crippen LogP contribution in [0.15, 0.2) is 54.2 Å². The Morgan fingerprint density at radius 3 is 2.77 bits per heavy atom. The predicted octanol–water partition coefficient (Wildman–Crippen LogP) is 3.35. The third kappa shape index (κ3) is 3.24. The van der Waals surface area contributed by atoms with E-state index in [9.17, 15) is 10.0 Å². The van der Waals surface area contributed by atoms with Crippen LogP contribution in [0, 0.1) is 5.21 Å². The third-order valence-electron chi connectivity index (χ3n) is 2.91. The van der Waals surface area contributed by atoms with Gasteiger partial charge in [-0.1, -0.05) is 23.7 Å². The number of carbonyl (C=O) groups excluding carboxylic acids is 1. The number of hydrogen-bond donors (Lipinski definition) is 1. The zero-order valence-corrected chi connectivity index (χ0v) is 12.8. The molecule has 0 bridgehead atoms. The molecule has 1 aromatic carbocycles. The summed E-state index contributed by atoms with van der Waals surface area (Å²) in [6.45, 7) is 0. The van der Waals surface area contributed by atoms with Crippen molar-refractivity contribution in [1.82, 2.24) is 4.98 Å². The highest BCUT2D eigenvalue weighted by molar-refractivity contribution is 7.14. The predicted molar refractivity (Wildman–Crippen MR) is 85.9 cm³/mol. The van der Waals surface area contributed by atoms with Crippen molar-refractivity contribution >= 4 is 34.0 Å². The summed E-state index contributed by atoms with van der Waals surface area (Å²) in [6.07, 6.45) is 2.54. The van der Waals surface area contributed by atoms with E-state index in [0.29, 0.717) is 20.4 Å². The summed E-state index contributed by atoms with van der Waals surface area (Å²) in [5.41, 5.74) is 2.02. The Balaban J connectivity index is 1.77. The minimum atomic E-state index is -0.312. The quantitative estimate of drug-likeness (QED) is 0.591. The van der Waals surface area contributed by atoms with Gasteiger partial charge in [-0.25, -0.2) is 4.98 Å². The summed E-state index contributed by atoms with van der Waals surface area (Å²) in [5, 5.41) is 16.6. The van der Waals surface area contributed by atoms with Crippen molar-refractivity contribution in [3.63, 3.8) is 0 Å². The standard InChI is InChI=1S/C15H10ClN3O2S/c16-12-3-1-2-11(8-12)13-9-22-15(17-13)18-14(20)10-4-6-19(21)7-5-10/h1-9H,(H,17,18,20). The second-order valence-corrected chi connectivity index (χ2v) is 5.74. The second kappa shape index (κ2) is 6.13. The van der Waals surface area contributed by atoms with Gasteiger partial charge in [-0.3, -0.25) is 10.1 Å². The molecule has 1 N–H and O–H groups in total. The number of halogens is 1. The molecule has 0 aliphatic rings. The number of aromatic nitrogens is 2. The van der Waals surface area contributed by atoms with Crippen LogP contribution in [0.3, 0.4) is 0 Å². The van der Waals surface area contributed by atoms with Crippen molar-refractivity contribution in [2.24, 2.45) is 0 Å². The van der Waals surface area contributed by atoms with Crippen molar-refractivity contribution in [3.05, 3.63) is 70.0 Å². The maximum absolute atomic E-state index is 12.0. The van der Waals surface area contributed by atoms with Gasteiger partial charge in [0.15, 0.2) is 17.5 Å². The summed E-state index contributed by atoms with van der Waals surface area (Å²) in [6, 6.07) is 10.2. The van der Waals surface area contributed by atoms with Crippen molar-refractivity contribution in [3.8, 4) is 11.3 Å². The highest BCUT2D eigenvalue weighted by Gasteiger charge is 2.11. The first kappa shape index (κ1) is 14.5. The van der Waals surface area contributed by atoms with E-state index < -0.39 is 0 Å². The van der Waals surface area contributed by atoms with Gasteiger partial charge in [0.25, 0.3) is 5.91 Å². The van der Waals surface area contributed by atoms with Crippen molar-refractivity contribution in [2.45, 2.75) is 0 Å². The molecule has 0 atom stereocenters. The van der Waals surface area contributed by atoms with E-state index in [1.807, 2.05) is 23.6 Å². The van der Waals surface area contributed by atoms with E-state index in [0.717, 1.165) is 11.3 Å². The van der Waals surface area contributed by atoms with Gasteiger partial charge in [0.2, 0.25) is 0 Å². The highest BCUT2D eigenvalue weighted by atomic mass is 35.5. The Kier molecular flexibility index (Phi) is 4.04. The van der Waals surface area contributed by atoms with Crippen LogP contribution >= 0.6 is 22.9 Å². The van der Waals surface area contributed by atoms with Crippen LogP contribution in [0.2, 0.25) is 5.02 Å². The van der Waals surface area contributed by atoms with Crippen LogP contribution in [0.4, 0.5) is 5.13 Å². The van der Waals surface area contributed by atoms with E-state index in [1.54, 1.807) is 6.07 Å². The van der Waals surface area contributed by atoms with Crippen LogP contribution in [0.1, 0.15) is 10.4 Å². The molecular weight excluding hydrogens is 322 g/mol. The minimum absolute atomic E-state index is 0.312. The Morgan fingerprint density at radius 1 is 1.27 bits per heavy atom. The highest BCUT2D eigenvalue weighted by Crippen LogP contribution is 2.26. The molecule has 5 nitrogen and oxygen atoms in total. The minimum Gasteiger partial charge on any atom is -0.619 e. The van der Waals surface area contributed by atoms with E-state index in [1.165, 1.54) is 35.9 Å². The molecule has 0 saturated carbocycles. The first-order valence-electron chi connectivity index (χ1n) is 6.33. The molecular formula is C15H10ClN3O2S. The average Bonchev–Trinajstić information content (AvgIpc) is 2.96. The SMILES string of the molecule is O=C(Nc1nc(-c2cccc(Cl)c2)cs1)c1cc[n+]([O-])cc1. The zero-order chi connectivity index (χ0) is 15.5. The van der Waals surface area contributed by atoms with Gasteiger partial charge in [0.1, 0.15) is 0 Å². The molecule has 3 rings (SSSR count). The number of benzene rings is 1. The number of nitrogens with one attached hydrogen (secondary N) is 1. The molecule has 0 radical (unpaired) electrons. The summed E-state index contributed by atoms with van der Waals surface area (Å²) in [7, 11) is 0. The number of carbonyl (C=O) groups is 1. The molecule has 3 aromatic rings. The molecule has 0 fully saturated rings. The number of rotatable bonds is 3. The van der Waals surface area contributed by atoms with E-state index in [-0.39, 0.29) is 5.91 Å². The fraction of sp³-hybridized carbons (Fsp3) is 0. The molecule has 0 aliphatic heterocycles. The largest absolute Gasteiger partial charge is 0.619 e. The molecule has 0 aliphatic carbocycles. The van der Waals surface area contributed by atoms with E-state index >= 15 is 0 Å². The van der Waals surface area contributed by atoms with Gasteiger partial charge in [-0.15, -0.1) is 11.3 Å². The van der Waals surface area contributed by atoms with Crippen molar-refractivity contribution in [2.75, 3.05) is 5.32 Å². The van der Waals surface area contributed by atoms with Crippen molar-refractivity contribution < 1.29 is 9.52 Å². The Morgan fingerprint density at radius 2 is 2.05 bits per heavy atom. The lowest BCUT2D eigenvalue weighted by Gasteiger charge is -2.01. The molecule has 2 aromatic heterocycles. The van der Waals surface area contributed by atoms with Crippen LogP contribution in [-0.4, -0.2) is 10.9 Å².